The number of amides is 1. The Labute approximate surface area is 173 Å². The second-order valence-corrected chi connectivity index (χ2v) is 9.64. The predicted molar refractivity (Wildman–Crippen MR) is 116 cm³/mol. The van der Waals surface area contributed by atoms with Gasteiger partial charge in [-0.3, -0.25) is 4.79 Å². The number of nitrogens with one attached hydrogen (secondary N) is 1. The molecule has 1 amide bonds. The molecule has 0 aliphatic carbocycles. The minimum absolute atomic E-state index is 0.000193. The number of benzene rings is 2. The van der Waals surface area contributed by atoms with Crippen LogP contribution in [0, 0.1) is 12.8 Å². The van der Waals surface area contributed by atoms with Gasteiger partial charge in [-0.15, -0.1) is 0 Å². The van der Waals surface area contributed by atoms with Gasteiger partial charge in [0.15, 0.2) is 0 Å². The summed E-state index contributed by atoms with van der Waals surface area (Å²) in [5.74, 6) is 0.102. The van der Waals surface area contributed by atoms with Crippen LogP contribution in [0.3, 0.4) is 0 Å². The molecular weight excluding hydrogens is 386 g/mol. The molecule has 7 heteroatoms. The van der Waals surface area contributed by atoms with Gasteiger partial charge in [0.1, 0.15) is 0 Å². The van der Waals surface area contributed by atoms with Crippen molar-refractivity contribution >= 4 is 21.6 Å². The second kappa shape index (κ2) is 8.97. The summed E-state index contributed by atoms with van der Waals surface area (Å²) in [6.45, 7) is 3.51. The van der Waals surface area contributed by atoms with Gasteiger partial charge in [0.25, 0.3) is 5.91 Å². The smallest absolute Gasteiger partial charge is 0.253 e. The number of hydrogen-bond donors (Lipinski definition) is 1. The van der Waals surface area contributed by atoms with E-state index in [1.165, 1.54) is 0 Å². The van der Waals surface area contributed by atoms with Crippen molar-refractivity contribution in [2.75, 3.05) is 38.6 Å². The monoisotopic (exact) mass is 415 g/mol. The van der Waals surface area contributed by atoms with E-state index in [4.69, 9.17) is 0 Å². The lowest BCUT2D eigenvalue weighted by Gasteiger charge is -2.33. The van der Waals surface area contributed by atoms with Crippen LogP contribution < -0.4 is 9.62 Å². The number of likely N-dealkylation sites (tertiary alicyclic amines) is 1. The molecule has 0 spiro atoms. The van der Waals surface area contributed by atoms with Crippen LogP contribution in [0.5, 0.6) is 0 Å². The van der Waals surface area contributed by atoms with Crippen molar-refractivity contribution in [1.29, 1.82) is 0 Å². The van der Waals surface area contributed by atoms with Crippen LogP contribution in [0.15, 0.2) is 53.4 Å². The van der Waals surface area contributed by atoms with Crippen molar-refractivity contribution in [3.05, 3.63) is 59.7 Å². The number of rotatable bonds is 6. The van der Waals surface area contributed by atoms with E-state index in [0.717, 1.165) is 24.1 Å². The lowest BCUT2D eigenvalue weighted by Crippen LogP contribution is -2.43. The van der Waals surface area contributed by atoms with Gasteiger partial charge in [-0.1, -0.05) is 23.8 Å². The maximum absolute atomic E-state index is 12.9. The maximum atomic E-state index is 12.9. The Kier molecular flexibility index (Phi) is 6.59. The van der Waals surface area contributed by atoms with Crippen molar-refractivity contribution in [2.24, 2.45) is 5.92 Å². The van der Waals surface area contributed by atoms with Gasteiger partial charge in [0.2, 0.25) is 10.0 Å². The zero-order chi connectivity index (χ0) is 21.0. The van der Waals surface area contributed by atoms with Gasteiger partial charge in [-0.05, 0) is 56.0 Å². The van der Waals surface area contributed by atoms with Crippen LogP contribution in [0.1, 0.15) is 28.8 Å². The lowest BCUT2D eigenvalue weighted by molar-refractivity contribution is 0.0676. The minimum Gasteiger partial charge on any atom is -0.378 e. The van der Waals surface area contributed by atoms with Gasteiger partial charge in [-0.2, -0.15) is 0 Å². The fraction of sp³-hybridized carbons (Fsp3) is 0.409. The highest BCUT2D eigenvalue weighted by Gasteiger charge is 2.26. The maximum Gasteiger partial charge on any atom is 0.253 e. The summed E-state index contributed by atoms with van der Waals surface area (Å²) < 4.78 is 27.8. The predicted octanol–water partition coefficient (Wildman–Crippen LogP) is 2.89. The third-order valence-electron chi connectivity index (χ3n) is 5.31. The van der Waals surface area contributed by atoms with Crippen LogP contribution in [0.25, 0.3) is 0 Å². The summed E-state index contributed by atoms with van der Waals surface area (Å²) in [5, 5.41) is 0. The van der Waals surface area contributed by atoms with E-state index in [0.29, 0.717) is 25.2 Å². The Morgan fingerprint density at radius 3 is 2.59 bits per heavy atom. The fourth-order valence-corrected chi connectivity index (χ4v) is 4.66. The van der Waals surface area contributed by atoms with E-state index in [9.17, 15) is 13.2 Å². The summed E-state index contributed by atoms with van der Waals surface area (Å²) in [4.78, 5) is 17.0. The third kappa shape index (κ3) is 5.36. The Bertz CT molecular complexity index is 956. The van der Waals surface area contributed by atoms with E-state index in [1.54, 1.807) is 24.3 Å². The van der Waals surface area contributed by atoms with Crippen molar-refractivity contribution in [2.45, 2.75) is 24.7 Å². The quantitative estimate of drug-likeness (QED) is 0.788. The summed E-state index contributed by atoms with van der Waals surface area (Å²) in [6, 6.07) is 14.4. The van der Waals surface area contributed by atoms with Gasteiger partial charge in [0, 0.05) is 45.0 Å². The highest BCUT2D eigenvalue weighted by molar-refractivity contribution is 7.89. The molecule has 1 N–H and O–H groups in total. The first-order valence-corrected chi connectivity index (χ1v) is 11.4. The molecule has 1 fully saturated rings. The standard InChI is InChI=1S/C22H29N3O3S/c1-17-9-11-21(12-10-17)29(27,28)23-15-18-6-5-13-25(16-18)22(26)19-7-4-8-20(14-19)24(2)3/h4,7-12,14,18,23H,5-6,13,15-16H2,1-3H3. The molecule has 3 rings (SSSR count). The number of carbonyl (C=O) groups excluding carboxylic acids is 1. The zero-order valence-corrected chi connectivity index (χ0v) is 18.1. The molecule has 0 saturated carbocycles. The van der Waals surface area contributed by atoms with E-state index in [2.05, 4.69) is 4.72 Å². The first-order chi connectivity index (χ1) is 13.8. The molecule has 2 aromatic rings. The zero-order valence-electron chi connectivity index (χ0n) is 17.3. The van der Waals surface area contributed by atoms with Gasteiger partial charge in [-0.25, -0.2) is 13.1 Å². The summed E-state index contributed by atoms with van der Waals surface area (Å²) in [7, 11) is 0.350. The number of sulfonamides is 1. The van der Waals surface area contributed by atoms with E-state index >= 15 is 0 Å². The van der Waals surface area contributed by atoms with Crippen LogP contribution in [0.2, 0.25) is 0 Å². The molecule has 1 unspecified atom stereocenters. The molecule has 1 heterocycles. The van der Waals surface area contributed by atoms with Crippen molar-refractivity contribution < 1.29 is 13.2 Å². The molecule has 29 heavy (non-hydrogen) atoms. The Hall–Kier alpha value is -2.38. The first-order valence-electron chi connectivity index (χ1n) is 9.89. The molecule has 1 atom stereocenters. The number of hydrogen-bond acceptors (Lipinski definition) is 4. The molecule has 0 bridgehead atoms. The van der Waals surface area contributed by atoms with Crippen LogP contribution in [0.4, 0.5) is 5.69 Å². The number of aryl methyl sites for hydroxylation is 1. The lowest BCUT2D eigenvalue weighted by atomic mass is 9.97. The molecule has 6 nitrogen and oxygen atoms in total. The average molecular weight is 416 g/mol. The Balaban J connectivity index is 1.62. The Morgan fingerprint density at radius 2 is 1.90 bits per heavy atom. The summed E-state index contributed by atoms with van der Waals surface area (Å²) in [5.41, 5.74) is 2.66. The number of anilines is 1. The highest BCUT2D eigenvalue weighted by Crippen LogP contribution is 2.21. The minimum atomic E-state index is -3.54. The van der Waals surface area contributed by atoms with Crippen LogP contribution in [-0.2, 0) is 10.0 Å². The number of nitrogens with zero attached hydrogens (tertiary/aromatic N) is 2. The SMILES string of the molecule is Cc1ccc(S(=O)(=O)NCC2CCCN(C(=O)c3cccc(N(C)C)c3)C2)cc1. The topological polar surface area (TPSA) is 69.7 Å². The first kappa shape index (κ1) is 21.3. The molecule has 1 aliphatic rings. The van der Waals surface area contributed by atoms with Crippen LogP contribution >= 0.6 is 0 Å². The number of piperidine rings is 1. The third-order valence-corrected chi connectivity index (χ3v) is 6.75. The van der Waals surface area contributed by atoms with Crippen molar-refractivity contribution in [3.63, 3.8) is 0 Å². The molecule has 2 aromatic carbocycles. The van der Waals surface area contributed by atoms with Gasteiger partial charge in [0.05, 0.1) is 4.90 Å². The van der Waals surface area contributed by atoms with Crippen LogP contribution in [-0.4, -0.2) is 53.0 Å². The average Bonchev–Trinajstić information content (AvgIpc) is 2.72. The molecule has 1 aliphatic heterocycles. The summed E-state index contributed by atoms with van der Waals surface area (Å²) >= 11 is 0. The summed E-state index contributed by atoms with van der Waals surface area (Å²) in [6.07, 6.45) is 1.77. The van der Waals surface area contributed by atoms with E-state index in [-0.39, 0.29) is 16.7 Å². The highest BCUT2D eigenvalue weighted by atomic mass is 32.2. The normalized spacial score (nSPS) is 17.2. The largest absolute Gasteiger partial charge is 0.378 e. The van der Waals surface area contributed by atoms with Gasteiger partial charge < -0.3 is 9.80 Å². The van der Waals surface area contributed by atoms with E-state index < -0.39 is 10.0 Å². The molecule has 1 saturated heterocycles. The molecular formula is C22H29N3O3S. The fourth-order valence-electron chi connectivity index (χ4n) is 3.54. The van der Waals surface area contributed by atoms with Crippen molar-refractivity contribution in [1.82, 2.24) is 9.62 Å². The number of carbonyl (C=O) groups is 1. The molecule has 0 radical (unpaired) electrons. The Morgan fingerprint density at radius 1 is 1.17 bits per heavy atom. The van der Waals surface area contributed by atoms with Gasteiger partial charge >= 0.3 is 0 Å². The second-order valence-electron chi connectivity index (χ2n) is 7.87. The van der Waals surface area contributed by atoms with Crippen molar-refractivity contribution in [3.8, 4) is 0 Å². The van der Waals surface area contributed by atoms with E-state index in [1.807, 2.05) is 55.1 Å². The molecule has 156 valence electrons. The molecule has 0 aromatic heterocycles.